The molecule has 0 fully saturated rings. The molecule has 0 radical (unpaired) electrons. The molecule has 0 amide bonds. The second-order valence-corrected chi connectivity index (χ2v) is 6.48. The predicted octanol–water partition coefficient (Wildman–Crippen LogP) is 2.41. The van der Waals surface area contributed by atoms with Gasteiger partial charge in [-0.15, -0.1) is 11.3 Å². The first kappa shape index (κ1) is 14.7. The van der Waals surface area contributed by atoms with E-state index in [1.54, 1.807) is 18.4 Å². The fourth-order valence-corrected chi connectivity index (χ4v) is 3.86. The van der Waals surface area contributed by atoms with Crippen molar-refractivity contribution in [3.8, 4) is 0 Å². The van der Waals surface area contributed by atoms with Crippen LogP contribution in [0, 0.1) is 6.92 Å². The van der Waals surface area contributed by atoms with Gasteiger partial charge in [-0.2, -0.15) is 5.10 Å². The highest BCUT2D eigenvalue weighted by molar-refractivity contribution is 7.09. The first-order valence-corrected chi connectivity index (χ1v) is 8.25. The number of aromatic nitrogens is 3. The molecule has 0 unspecified atom stereocenters. The summed E-state index contributed by atoms with van der Waals surface area (Å²) in [5, 5.41) is 4.52. The van der Waals surface area contributed by atoms with E-state index in [0.717, 1.165) is 38.5 Å². The third kappa shape index (κ3) is 2.88. The van der Waals surface area contributed by atoms with Crippen LogP contribution in [-0.2, 0) is 24.4 Å². The van der Waals surface area contributed by atoms with Crippen molar-refractivity contribution in [2.75, 3.05) is 20.3 Å². The van der Waals surface area contributed by atoms with E-state index in [4.69, 9.17) is 4.74 Å². The molecule has 3 heterocycles. The number of methoxy groups -OCH3 is 1. The van der Waals surface area contributed by atoms with Crippen molar-refractivity contribution in [3.05, 3.63) is 33.5 Å². The summed E-state index contributed by atoms with van der Waals surface area (Å²) in [7, 11) is 1.77. The Morgan fingerprint density at radius 3 is 3.00 bits per heavy atom. The molecule has 2 aromatic rings. The van der Waals surface area contributed by atoms with Gasteiger partial charge in [0.25, 0.3) is 0 Å². The highest BCUT2D eigenvalue weighted by Crippen LogP contribution is 2.30. The number of nitrogens with zero attached hydrogens (tertiary/aromatic N) is 4. The van der Waals surface area contributed by atoms with E-state index in [-0.39, 0.29) is 0 Å². The molecule has 0 N–H and O–H groups in total. The van der Waals surface area contributed by atoms with Crippen LogP contribution in [0.5, 0.6) is 0 Å². The Balaban J connectivity index is 1.83. The summed E-state index contributed by atoms with van der Waals surface area (Å²) in [5.74, 6) is 0.410. The zero-order valence-corrected chi connectivity index (χ0v) is 13.7. The lowest BCUT2D eigenvalue weighted by Gasteiger charge is -2.32. The van der Waals surface area contributed by atoms with Crippen LogP contribution in [0.15, 0.2) is 11.7 Å². The van der Waals surface area contributed by atoms with Crippen LogP contribution in [0.1, 0.15) is 34.7 Å². The van der Waals surface area contributed by atoms with Crippen molar-refractivity contribution >= 4 is 11.3 Å². The molecule has 1 aliphatic heterocycles. The summed E-state index contributed by atoms with van der Waals surface area (Å²) in [4.78, 5) is 8.20. The Hall–Kier alpha value is -1.24. The maximum absolute atomic E-state index is 5.41. The van der Waals surface area contributed by atoms with Gasteiger partial charge < -0.3 is 4.74 Å². The Morgan fingerprint density at radius 1 is 1.48 bits per heavy atom. The van der Waals surface area contributed by atoms with Gasteiger partial charge in [0.15, 0.2) is 0 Å². The van der Waals surface area contributed by atoms with Crippen LogP contribution in [0.4, 0.5) is 0 Å². The molecule has 2 aromatic heterocycles. The Labute approximate surface area is 129 Å². The van der Waals surface area contributed by atoms with E-state index in [9.17, 15) is 0 Å². The summed E-state index contributed by atoms with van der Waals surface area (Å²) in [6, 6.07) is 0. The number of thiazole rings is 1. The van der Waals surface area contributed by atoms with E-state index in [1.807, 2.05) is 11.7 Å². The quantitative estimate of drug-likeness (QED) is 0.851. The third-order valence-corrected chi connectivity index (χ3v) is 5.07. The van der Waals surface area contributed by atoms with Gasteiger partial charge in [0.05, 0.1) is 29.7 Å². The first-order chi connectivity index (χ1) is 10.2. The summed E-state index contributed by atoms with van der Waals surface area (Å²) in [6.45, 7) is 8.84. The second kappa shape index (κ2) is 6.25. The number of fused-ring (bicyclic) bond motifs is 1. The molecule has 0 aromatic carbocycles. The van der Waals surface area contributed by atoms with Gasteiger partial charge in [0.2, 0.25) is 0 Å². The number of ether oxygens (including phenoxy) is 1. The number of rotatable bonds is 5. The normalized spacial score (nSPS) is 18.9. The lowest BCUT2D eigenvalue weighted by molar-refractivity contribution is 0.134. The standard InChI is InChI=1S/C15H22N4OS/c1-4-19-14-7-18(8-15-11(2)16-10-21-15)6-12(9-20-3)13(14)5-17-19/h5,10,12H,4,6-9H2,1-3H3/t12-/m0/s1. The molecular weight excluding hydrogens is 284 g/mol. The molecule has 0 spiro atoms. The van der Waals surface area contributed by atoms with Gasteiger partial charge in [0, 0.05) is 49.6 Å². The summed E-state index contributed by atoms with van der Waals surface area (Å²) < 4.78 is 7.53. The van der Waals surface area contributed by atoms with Crippen molar-refractivity contribution in [2.24, 2.45) is 0 Å². The van der Waals surface area contributed by atoms with E-state index in [2.05, 4.69) is 33.5 Å². The molecule has 0 saturated heterocycles. The predicted molar refractivity (Wildman–Crippen MR) is 83.5 cm³/mol. The molecule has 3 rings (SSSR count). The smallest absolute Gasteiger partial charge is 0.0798 e. The van der Waals surface area contributed by atoms with Crippen molar-refractivity contribution in [1.82, 2.24) is 19.7 Å². The molecule has 6 heteroatoms. The van der Waals surface area contributed by atoms with E-state index in [0.29, 0.717) is 5.92 Å². The minimum Gasteiger partial charge on any atom is -0.384 e. The fraction of sp³-hybridized carbons (Fsp3) is 0.600. The summed E-state index contributed by atoms with van der Waals surface area (Å²) >= 11 is 1.74. The van der Waals surface area contributed by atoms with Crippen LogP contribution in [-0.4, -0.2) is 39.9 Å². The van der Waals surface area contributed by atoms with E-state index >= 15 is 0 Å². The molecule has 0 bridgehead atoms. The molecule has 21 heavy (non-hydrogen) atoms. The van der Waals surface area contributed by atoms with Crippen LogP contribution in [0.3, 0.4) is 0 Å². The molecule has 0 saturated carbocycles. The molecule has 1 atom stereocenters. The molecule has 5 nitrogen and oxygen atoms in total. The van der Waals surface area contributed by atoms with Crippen molar-refractivity contribution in [2.45, 2.75) is 39.4 Å². The topological polar surface area (TPSA) is 43.2 Å². The van der Waals surface area contributed by atoms with Crippen molar-refractivity contribution < 1.29 is 4.74 Å². The minimum absolute atomic E-state index is 0.410. The highest BCUT2D eigenvalue weighted by Gasteiger charge is 2.29. The summed E-state index contributed by atoms with van der Waals surface area (Å²) in [5.41, 5.74) is 5.78. The lowest BCUT2D eigenvalue weighted by atomic mass is 9.95. The number of hydrogen-bond donors (Lipinski definition) is 0. The molecule has 0 aliphatic carbocycles. The van der Waals surface area contributed by atoms with Crippen molar-refractivity contribution in [3.63, 3.8) is 0 Å². The van der Waals surface area contributed by atoms with Gasteiger partial charge in [-0.1, -0.05) is 0 Å². The van der Waals surface area contributed by atoms with Crippen LogP contribution in [0.2, 0.25) is 0 Å². The van der Waals surface area contributed by atoms with Gasteiger partial charge in [-0.25, -0.2) is 4.98 Å². The average molecular weight is 306 g/mol. The Morgan fingerprint density at radius 2 is 2.33 bits per heavy atom. The maximum atomic E-state index is 5.41. The monoisotopic (exact) mass is 306 g/mol. The number of aryl methyl sites for hydroxylation is 2. The van der Waals surface area contributed by atoms with Crippen LogP contribution < -0.4 is 0 Å². The SMILES string of the molecule is CCn1ncc2c1CN(Cc1scnc1C)C[C@H]2COC. The summed E-state index contributed by atoms with van der Waals surface area (Å²) in [6.07, 6.45) is 2.03. The van der Waals surface area contributed by atoms with Crippen LogP contribution >= 0.6 is 11.3 Å². The second-order valence-electron chi connectivity index (χ2n) is 5.55. The van der Waals surface area contributed by atoms with Gasteiger partial charge in [-0.05, 0) is 13.8 Å². The van der Waals surface area contributed by atoms with Gasteiger partial charge in [-0.3, -0.25) is 9.58 Å². The van der Waals surface area contributed by atoms with Crippen molar-refractivity contribution in [1.29, 1.82) is 0 Å². The molecular formula is C15H22N4OS. The zero-order chi connectivity index (χ0) is 14.8. The highest BCUT2D eigenvalue weighted by atomic mass is 32.1. The van der Waals surface area contributed by atoms with E-state index < -0.39 is 0 Å². The van der Waals surface area contributed by atoms with Gasteiger partial charge >= 0.3 is 0 Å². The third-order valence-electron chi connectivity index (χ3n) is 4.15. The van der Waals surface area contributed by atoms with Crippen LogP contribution in [0.25, 0.3) is 0 Å². The largest absolute Gasteiger partial charge is 0.384 e. The fourth-order valence-electron chi connectivity index (χ4n) is 3.04. The average Bonchev–Trinajstić information content (AvgIpc) is 3.06. The Bertz CT molecular complexity index is 607. The minimum atomic E-state index is 0.410. The van der Waals surface area contributed by atoms with Gasteiger partial charge in [0.1, 0.15) is 0 Å². The molecule has 1 aliphatic rings. The molecule has 114 valence electrons. The van der Waals surface area contributed by atoms with E-state index in [1.165, 1.54) is 16.1 Å². The maximum Gasteiger partial charge on any atom is 0.0798 e. The Kier molecular flexibility index (Phi) is 4.37. The number of hydrogen-bond acceptors (Lipinski definition) is 5. The zero-order valence-electron chi connectivity index (χ0n) is 12.9. The first-order valence-electron chi connectivity index (χ1n) is 7.37. The lowest BCUT2D eigenvalue weighted by Crippen LogP contribution is -2.35.